The molecule has 0 aliphatic rings. The molecule has 0 bridgehead atoms. The molecule has 3 nitrogen and oxygen atoms in total. The lowest BCUT2D eigenvalue weighted by Crippen LogP contribution is -2.36. The maximum atomic E-state index is 9.81. The van der Waals surface area contributed by atoms with Gasteiger partial charge in [-0.05, 0) is 19.0 Å². The molecule has 0 saturated carbocycles. The van der Waals surface area contributed by atoms with Crippen LogP contribution in [-0.2, 0) is 6.54 Å². The smallest absolute Gasteiger partial charge is 0.409 e. The molecule has 2 aromatic rings. The third kappa shape index (κ3) is 3.22. The van der Waals surface area contributed by atoms with E-state index in [0.29, 0.717) is 11.0 Å². The normalized spacial score (nSPS) is 10.3. The van der Waals surface area contributed by atoms with Gasteiger partial charge in [0.2, 0.25) is 0 Å². The van der Waals surface area contributed by atoms with Gasteiger partial charge in [0, 0.05) is 23.3 Å². The van der Waals surface area contributed by atoms with Crippen molar-refractivity contribution >= 4 is 35.7 Å². The number of benzene rings is 1. The maximum Gasteiger partial charge on any atom is 0.409 e. The molecule has 1 aromatic carbocycles. The second-order valence-corrected chi connectivity index (χ2v) is 5.37. The summed E-state index contributed by atoms with van der Waals surface area (Å²) in [5.41, 5.74) is 0.979. The number of anilines is 1. The third-order valence-corrected chi connectivity index (χ3v) is 3.49. The summed E-state index contributed by atoms with van der Waals surface area (Å²) in [4.78, 5) is 6.92. The summed E-state index contributed by atoms with van der Waals surface area (Å²) >= 11 is 7.23. The van der Waals surface area contributed by atoms with Crippen molar-refractivity contribution in [2.45, 2.75) is 13.4 Å². The molecule has 0 unspecified atom stereocenters. The van der Waals surface area contributed by atoms with E-state index in [-0.39, 0.29) is 0 Å². The number of thiazole rings is 1. The zero-order valence-corrected chi connectivity index (χ0v) is 10.9. The fourth-order valence-electron chi connectivity index (χ4n) is 1.58. The van der Waals surface area contributed by atoms with Gasteiger partial charge in [-0.15, -0.1) is 11.3 Å². The van der Waals surface area contributed by atoms with Crippen LogP contribution < -0.4 is 4.81 Å². The molecule has 0 radical (unpaired) electrons. The number of hydrogen-bond donors (Lipinski definition) is 1. The molecular weight excluding hydrogens is 254 g/mol. The second kappa shape index (κ2) is 5.53. The van der Waals surface area contributed by atoms with E-state index in [1.165, 1.54) is 11.3 Å². The van der Waals surface area contributed by atoms with E-state index < -0.39 is 7.05 Å². The first-order valence-electron chi connectivity index (χ1n) is 5.27. The van der Waals surface area contributed by atoms with Crippen LogP contribution in [0.2, 0.25) is 11.3 Å². The molecule has 0 aliphatic carbocycles. The van der Waals surface area contributed by atoms with E-state index in [2.05, 4.69) is 4.98 Å². The van der Waals surface area contributed by atoms with Crippen molar-refractivity contribution in [1.29, 1.82) is 0 Å². The summed E-state index contributed by atoms with van der Waals surface area (Å²) in [6.45, 7) is 2.35. The van der Waals surface area contributed by atoms with Gasteiger partial charge < -0.3 is 9.83 Å². The van der Waals surface area contributed by atoms with Gasteiger partial charge in [0.25, 0.3) is 0 Å². The van der Waals surface area contributed by atoms with Crippen LogP contribution in [0.4, 0.5) is 5.69 Å². The van der Waals surface area contributed by atoms with Crippen molar-refractivity contribution in [3.8, 4) is 0 Å². The third-order valence-electron chi connectivity index (χ3n) is 2.39. The van der Waals surface area contributed by atoms with Gasteiger partial charge in [-0.25, -0.2) is 4.98 Å². The standard InChI is InChI=1S/C11H12BClN2OS/c1-12(16)15(9-5-3-2-4-6-9)8-10-7-14-11(13)17-10/h2-7,16H,8H2,1H3. The molecule has 0 aliphatic heterocycles. The van der Waals surface area contributed by atoms with E-state index in [1.807, 2.05) is 35.1 Å². The fraction of sp³-hybridized carbons (Fsp3) is 0.182. The molecular formula is C11H12BClN2OS. The first kappa shape index (κ1) is 12.4. The summed E-state index contributed by atoms with van der Waals surface area (Å²) in [5, 5.41) is 9.81. The number of nitrogens with zero attached hydrogens (tertiary/aromatic N) is 2. The van der Waals surface area contributed by atoms with Crippen LogP contribution in [0.25, 0.3) is 0 Å². The summed E-state index contributed by atoms with van der Waals surface area (Å²) in [7, 11) is -0.557. The average molecular weight is 267 g/mol. The van der Waals surface area contributed by atoms with E-state index in [1.54, 1.807) is 13.0 Å². The van der Waals surface area contributed by atoms with Crippen LogP contribution in [0.5, 0.6) is 0 Å². The lowest BCUT2D eigenvalue weighted by Gasteiger charge is -2.24. The lowest BCUT2D eigenvalue weighted by molar-refractivity contribution is 0.569. The molecule has 0 spiro atoms. The highest BCUT2D eigenvalue weighted by Crippen LogP contribution is 2.23. The molecule has 0 atom stereocenters. The van der Waals surface area contributed by atoms with Crippen LogP contribution >= 0.6 is 22.9 Å². The number of hydrogen-bond acceptors (Lipinski definition) is 4. The Morgan fingerprint density at radius 3 is 2.65 bits per heavy atom. The van der Waals surface area contributed by atoms with Gasteiger partial charge in [0.1, 0.15) is 0 Å². The van der Waals surface area contributed by atoms with Crippen molar-refractivity contribution in [2.75, 3.05) is 4.81 Å². The van der Waals surface area contributed by atoms with E-state index >= 15 is 0 Å². The monoisotopic (exact) mass is 266 g/mol. The summed E-state index contributed by atoms with van der Waals surface area (Å²) in [6.07, 6.45) is 1.74. The van der Waals surface area contributed by atoms with Crippen LogP contribution in [0, 0.1) is 0 Å². The van der Waals surface area contributed by atoms with Gasteiger partial charge in [-0.2, -0.15) is 0 Å². The SMILES string of the molecule is CB(O)N(Cc1cnc(Cl)s1)c1ccccc1. The first-order chi connectivity index (χ1) is 8.16. The van der Waals surface area contributed by atoms with Gasteiger partial charge >= 0.3 is 7.05 Å². The summed E-state index contributed by atoms with van der Waals surface area (Å²) < 4.78 is 0.526. The van der Waals surface area contributed by atoms with E-state index in [0.717, 1.165) is 10.6 Å². The number of rotatable bonds is 4. The Labute approximate surface area is 110 Å². The van der Waals surface area contributed by atoms with Crippen molar-refractivity contribution < 1.29 is 5.02 Å². The minimum Gasteiger partial charge on any atom is -0.432 e. The van der Waals surface area contributed by atoms with Crippen LogP contribution in [0.15, 0.2) is 36.5 Å². The van der Waals surface area contributed by atoms with Gasteiger partial charge in [0.05, 0.1) is 0 Å². The summed E-state index contributed by atoms with van der Waals surface area (Å²) in [6, 6.07) is 9.78. The van der Waals surface area contributed by atoms with Gasteiger partial charge in [-0.3, -0.25) is 0 Å². The van der Waals surface area contributed by atoms with E-state index in [9.17, 15) is 5.02 Å². The van der Waals surface area contributed by atoms with Crippen molar-refractivity contribution in [3.05, 3.63) is 45.9 Å². The molecule has 1 N–H and O–H groups in total. The predicted molar refractivity (Wildman–Crippen MR) is 73.6 cm³/mol. The fourth-order valence-corrected chi connectivity index (χ4v) is 2.56. The quantitative estimate of drug-likeness (QED) is 0.865. The largest absolute Gasteiger partial charge is 0.432 e. The highest BCUT2D eigenvalue weighted by atomic mass is 35.5. The van der Waals surface area contributed by atoms with Gasteiger partial charge in [-0.1, -0.05) is 29.8 Å². The molecule has 17 heavy (non-hydrogen) atoms. The van der Waals surface area contributed by atoms with Crippen LogP contribution in [-0.4, -0.2) is 17.1 Å². The van der Waals surface area contributed by atoms with Crippen LogP contribution in [0.3, 0.4) is 0 Å². The minimum atomic E-state index is -0.557. The zero-order valence-electron chi connectivity index (χ0n) is 9.38. The Bertz CT molecular complexity index is 477. The molecule has 0 fully saturated rings. The predicted octanol–water partition coefficient (Wildman–Crippen LogP) is 2.91. The molecule has 88 valence electrons. The van der Waals surface area contributed by atoms with Crippen molar-refractivity contribution in [2.24, 2.45) is 0 Å². The Balaban J connectivity index is 2.19. The Hall–Kier alpha value is -1.04. The zero-order chi connectivity index (χ0) is 12.3. The topological polar surface area (TPSA) is 36.4 Å². The Morgan fingerprint density at radius 2 is 2.12 bits per heavy atom. The Kier molecular flexibility index (Phi) is 4.04. The number of aromatic nitrogens is 1. The summed E-state index contributed by atoms with van der Waals surface area (Å²) in [5.74, 6) is 0. The lowest BCUT2D eigenvalue weighted by atomic mass is 9.84. The highest BCUT2D eigenvalue weighted by Gasteiger charge is 2.17. The van der Waals surface area contributed by atoms with Gasteiger partial charge in [0.15, 0.2) is 4.47 Å². The second-order valence-electron chi connectivity index (χ2n) is 3.67. The van der Waals surface area contributed by atoms with Crippen molar-refractivity contribution in [3.63, 3.8) is 0 Å². The first-order valence-corrected chi connectivity index (χ1v) is 6.46. The Morgan fingerprint density at radius 1 is 1.41 bits per heavy atom. The average Bonchev–Trinajstić information content (AvgIpc) is 2.73. The number of halogens is 1. The molecule has 6 heteroatoms. The van der Waals surface area contributed by atoms with Crippen LogP contribution in [0.1, 0.15) is 4.88 Å². The van der Waals surface area contributed by atoms with Crippen molar-refractivity contribution in [1.82, 2.24) is 4.98 Å². The molecule has 0 saturated heterocycles. The molecule has 1 aromatic heterocycles. The maximum absolute atomic E-state index is 9.81. The molecule has 2 rings (SSSR count). The molecule has 1 heterocycles. The minimum absolute atomic E-state index is 0.526. The highest BCUT2D eigenvalue weighted by molar-refractivity contribution is 7.15. The number of para-hydroxylation sites is 1. The molecule has 0 amide bonds. The van der Waals surface area contributed by atoms with E-state index in [4.69, 9.17) is 11.6 Å².